The number of ether oxygens (including phenoxy) is 1. The van der Waals surface area contributed by atoms with Gasteiger partial charge in [0.15, 0.2) is 6.29 Å². The number of nitrogens with zero attached hydrogens (tertiary/aromatic N) is 3. The second-order valence-corrected chi connectivity index (χ2v) is 5.51. The lowest BCUT2D eigenvalue weighted by Gasteiger charge is -2.36. The van der Waals surface area contributed by atoms with Crippen LogP contribution in [0.15, 0.2) is 0 Å². The normalized spacial score (nSPS) is 18.9. The van der Waals surface area contributed by atoms with E-state index in [4.69, 9.17) is 4.74 Å². The average molecular weight is 294 g/mol. The highest BCUT2D eigenvalue weighted by atomic mass is 16.5. The van der Waals surface area contributed by atoms with Crippen molar-refractivity contribution in [2.45, 2.75) is 32.9 Å². The van der Waals surface area contributed by atoms with E-state index in [9.17, 15) is 9.59 Å². The predicted octanol–water partition coefficient (Wildman–Crippen LogP) is 0.271. The summed E-state index contributed by atoms with van der Waals surface area (Å²) in [5.41, 5.74) is 1.19. The molecule has 1 aliphatic heterocycles. The molecule has 1 atom stereocenters. The molecule has 1 aromatic rings. The van der Waals surface area contributed by atoms with Gasteiger partial charge in [-0.3, -0.25) is 14.3 Å². The minimum Gasteiger partial charge on any atom is -0.377 e. The van der Waals surface area contributed by atoms with Crippen LogP contribution in [-0.4, -0.2) is 53.8 Å². The molecule has 0 radical (unpaired) electrons. The SMILES string of the molecule is Cc1nn(C)c(N2CCOCC2C(=O)NC(C)C)c1C=O. The molecule has 1 aromatic heterocycles. The zero-order valence-electron chi connectivity index (χ0n) is 12.9. The highest BCUT2D eigenvalue weighted by Gasteiger charge is 2.33. The van der Waals surface area contributed by atoms with Crippen molar-refractivity contribution in [3.05, 3.63) is 11.3 Å². The van der Waals surface area contributed by atoms with E-state index in [0.717, 1.165) is 6.29 Å². The quantitative estimate of drug-likeness (QED) is 0.807. The van der Waals surface area contributed by atoms with Gasteiger partial charge in [0.1, 0.15) is 11.9 Å². The number of aldehydes is 1. The van der Waals surface area contributed by atoms with Gasteiger partial charge < -0.3 is 15.0 Å². The van der Waals surface area contributed by atoms with E-state index >= 15 is 0 Å². The summed E-state index contributed by atoms with van der Waals surface area (Å²) in [5.74, 6) is 0.579. The molecule has 7 nitrogen and oxygen atoms in total. The fraction of sp³-hybridized carbons (Fsp3) is 0.643. The Bertz CT molecular complexity index is 539. The van der Waals surface area contributed by atoms with Gasteiger partial charge >= 0.3 is 0 Å². The molecule has 0 saturated carbocycles. The summed E-state index contributed by atoms with van der Waals surface area (Å²) >= 11 is 0. The first-order chi connectivity index (χ1) is 9.95. The summed E-state index contributed by atoms with van der Waals surface area (Å²) in [6.45, 7) is 7.00. The van der Waals surface area contributed by atoms with Crippen LogP contribution in [0.1, 0.15) is 29.9 Å². The van der Waals surface area contributed by atoms with Crippen molar-refractivity contribution in [1.82, 2.24) is 15.1 Å². The van der Waals surface area contributed by atoms with Crippen LogP contribution in [0.25, 0.3) is 0 Å². The topological polar surface area (TPSA) is 76.5 Å². The Balaban J connectivity index is 2.35. The van der Waals surface area contributed by atoms with Crippen molar-refractivity contribution in [2.75, 3.05) is 24.7 Å². The zero-order chi connectivity index (χ0) is 15.6. The van der Waals surface area contributed by atoms with Crippen LogP contribution in [0.4, 0.5) is 5.82 Å². The molecule has 0 aliphatic carbocycles. The molecule has 1 amide bonds. The first-order valence-electron chi connectivity index (χ1n) is 7.09. The Labute approximate surface area is 124 Å². The molecule has 0 bridgehead atoms. The van der Waals surface area contributed by atoms with Crippen molar-refractivity contribution in [1.29, 1.82) is 0 Å². The van der Waals surface area contributed by atoms with Gasteiger partial charge in [-0.25, -0.2) is 0 Å². The number of hydrogen-bond donors (Lipinski definition) is 1. The summed E-state index contributed by atoms with van der Waals surface area (Å²) in [4.78, 5) is 25.6. The van der Waals surface area contributed by atoms with Crippen LogP contribution in [0.5, 0.6) is 0 Å². The molecule has 116 valence electrons. The first kappa shape index (κ1) is 15.5. The molecule has 2 rings (SSSR count). The Kier molecular flexibility index (Phi) is 4.62. The minimum atomic E-state index is -0.449. The van der Waals surface area contributed by atoms with Gasteiger partial charge in [0, 0.05) is 19.6 Å². The average Bonchev–Trinajstić information content (AvgIpc) is 2.71. The molecular formula is C14H22N4O3. The molecule has 1 aliphatic rings. The summed E-state index contributed by atoms with van der Waals surface area (Å²) in [7, 11) is 1.78. The maximum Gasteiger partial charge on any atom is 0.245 e. The largest absolute Gasteiger partial charge is 0.377 e. The van der Waals surface area contributed by atoms with Crippen LogP contribution in [0, 0.1) is 6.92 Å². The third-order valence-corrected chi connectivity index (χ3v) is 3.49. The van der Waals surface area contributed by atoms with E-state index in [1.807, 2.05) is 18.7 Å². The number of rotatable bonds is 4. The Morgan fingerprint density at radius 3 is 2.86 bits per heavy atom. The van der Waals surface area contributed by atoms with Gasteiger partial charge in [-0.1, -0.05) is 0 Å². The lowest BCUT2D eigenvalue weighted by Crippen LogP contribution is -2.55. The number of aromatic nitrogens is 2. The van der Waals surface area contributed by atoms with Gasteiger partial charge in [0.2, 0.25) is 5.91 Å². The molecule has 21 heavy (non-hydrogen) atoms. The lowest BCUT2D eigenvalue weighted by molar-refractivity contribution is -0.125. The van der Waals surface area contributed by atoms with E-state index in [2.05, 4.69) is 10.4 Å². The number of hydrogen-bond acceptors (Lipinski definition) is 5. The van der Waals surface area contributed by atoms with Crippen LogP contribution in [0.2, 0.25) is 0 Å². The van der Waals surface area contributed by atoms with Gasteiger partial charge in [0.05, 0.1) is 24.5 Å². The number of carbonyl (C=O) groups excluding carboxylic acids is 2. The highest BCUT2D eigenvalue weighted by Crippen LogP contribution is 2.25. The van der Waals surface area contributed by atoms with Gasteiger partial charge in [-0.2, -0.15) is 5.10 Å². The summed E-state index contributed by atoms with van der Waals surface area (Å²) < 4.78 is 7.09. The van der Waals surface area contributed by atoms with Crippen molar-refractivity contribution in [2.24, 2.45) is 7.05 Å². The lowest BCUT2D eigenvalue weighted by atomic mass is 10.1. The summed E-state index contributed by atoms with van der Waals surface area (Å²) in [6.07, 6.45) is 0.796. The van der Waals surface area contributed by atoms with Crippen molar-refractivity contribution in [3.8, 4) is 0 Å². The van der Waals surface area contributed by atoms with Crippen molar-refractivity contribution in [3.63, 3.8) is 0 Å². The van der Waals surface area contributed by atoms with Crippen LogP contribution < -0.4 is 10.2 Å². The maximum absolute atomic E-state index is 12.4. The standard InChI is InChI=1S/C14H22N4O3/c1-9(2)15-13(20)12-8-21-6-5-18(12)14-11(7-19)10(3)16-17(14)4/h7,9,12H,5-6,8H2,1-4H3,(H,15,20). The van der Waals surface area contributed by atoms with Crippen LogP contribution in [0.3, 0.4) is 0 Å². The third kappa shape index (κ3) is 3.07. The van der Waals surface area contributed by atoms with Gasteiger partial charge in [0.25, 0.3) is 0 Å². The number of carbonyl (C=O) groups is 2. The molecule has 1 fully saturated rings. The first-order valence-corrected chi connectivity index (χ1v) is 7.09. The number of amides is 1. The van der Waals surface area contributed by atoms with Gasteiger partial charge in [-0.05, 0) is 20.8 Å². The molecule has 0 aromatic carbocycles. The zero-order valence-corrected chi connectivity index (χ0v) is 12.9. The molecule has 0 spiro atoms. The Hall–Kier alpha value is -1.89. The Morgan fingerprint density at radius 1 is 1.52 bits per heavy atom. The fourth-order valence-corrected chi connectivity index (χ4v) is 2.60. The molecule has 7 heteroatoms. The minimum absolute atomic E-state index is 0.0556. The molecule has 1 N–H and O–H groups in total. The number of aryl methyl sites for hydroxylation is 2. The van der Waals surface area contributed by atoms with Crippen molar-refractivity contribution < 1.29 is 14.3 Å². The van der Waals surface area contributed by atoms with E-state index in [1.165, 1.54) is 0 Å². The summed E-state index contributed by atoms with van der Waals surface area (Å²) in [6, 6.07) is -0.394. The third-order valence-electron chi connectivity index (χ3n) is 3.49. The second-order valence-electron chi connectivity index (χ2n) is 5.51. The van der Waals surface area contributed by atoms with E-state index in [1.54, 1.807) is 18.7 Å². The number of morpholine rings is 1. The highest BCUT2D eigenvalue weighted by molar-refractivity contribution is 5.90. The molecule has 1 unspecified atom stereocenters. The molecular weight excluding hydrogens is 272 g/mol. The smallest absolute Gasteiger partial charge is 0.245 e. The second kappa shape index (κ2) is 6.26. The van der Waals surface area contributed by atoms with E-state index < -0.39 is 6.04 Å². The predicted molar refractivity (Wildman–Crippen MR) is 78.6 cm³/mol. The van der Waals surface area contributed by atoms with Crippen LogP contribution in [-0.2, 0) is 16.6 Å². The maximum atomic E-state index is 12.4. The van der Waals surface area contributed by atoms with E-state index in [0.29, 0.717) is 36.8 Å². The number of anilines is 1. The van der Waals surface area contributed by atoms with Crippen LogP contribution >= 0.6 is 0 Å². The van der Waals surface area contributed by atoms with E-state index in [-0.39, 0.29) is 11.9 Å². The Morgan fingerprint density at radius 2 is 2.24 bits per heavy atom. The fourth-order valence-electron chi connectivity index (χ4n) is 2.60. The number of nitrogens with one attached hydrogen (secondary N) is 1. The summed E-state index contributed by atoms with van der Waals surface area (Å²) in [5, 5.41) is 7.18. The van der Waals surface area contributed by atoms with Crippen molar-refractivity contribution >= 4 is 18.0 Å². The van der Waals surface area contributed by atoms with Gasteiger partial charge in [-0.15, -0.1) is 0 Å². The molecule has 1 saturated heterocycles. The molecule has 2 heterocycles. The monoisotopic (exact) mass is 294 g/mol.